The van der Waals surface area contributed by atoms with Gasteiger partial charge in [-0.1, -0.05) is 79.8 Å². The van der Waals surface area contributed by atoms with Crippen molar-refractivity contribution in [2.45, 2.75) is 96.0 Å². The second-order valence-electron chi connectivity index (χ2n) is 10.6. The number of nitrogens with one attached hydrogen (secondary N) is 2. The number of aliphatic hydroxyl groups is 3. The number of rotatable bonds is 26. The Labute approximate surface area is 275 Å². The van der Waals surface area contributed by atoms with Crippen molar-refractivity contribution >= 4 is 11.8 Å². The zero-order chi connectivity index (χ0) is 33.5. The largest absolute Gasteiger partial charge is 0.394 e. The molecule has 5 N–H and O–H groups in total. The molecule has 1 rings (SSSR count). The van der Waals surface area contributed by atoms with Gasteiger partial charge in [-0.05, 0) is 76.3 Å². The summed E-state index contributed by atoms with van der Waals surface area (Å²) in [5, 5.41) is 34.7. The highest BCUT2D eigenvalue weighted by Crippen LogP contribution is 2.11. The molecular formula is C37H55N3O6. The van der Waals surface area contributed by atoms with Gasteiger partial charge in [0.2, 0.25) is 5.91 Å². The van der Waals surface area contributed by atoms with Crippen LogP contribution in [0.4, 0.5) is 0 Å². The Morgan fingerprint density at radius 1 is 0.848 bits per heavy atom. The van der Waals surface area contributed by atoms with Crippen molar-refractivity contribution < 1.29 is 29.6 Å². The number of unbranched alkanes of at least 4 members (excludes halogenated alkanes) is 1. The normalized spacial score (nSPS) is 13.8. The lowest BCUT2D eigenvalue weighted by Gasteiger charge is -2.27. The van der Waals surface area contributed by atoms with Crippen LogP contribution < -0.4 is 10.6 Å². The lowest BCUT2D eigenvalue weighted by atomic mass is 10.1. The van der Waals surface area contributed by atoms with Gasteiger partial charge in [-0.25, -0.2) is 0 Å². The Balaban J connectivity index is 2.20. The summed E-state index contributed by atoms with van der Waals surface area (Å²) in [4.78, 5) is 28.7. The number of ether oxygens (including phenoxy) is 1. The van der Waals surface area contributed by atoms with Crippen LogP contribution in [0.15, 0.2) is 97.4 Å². The van der Waals surface area contributed by atoms with Crippen LogP contribution in [0, 0.1) is 0 Å². The molecule has 2 unspecified atom stereocenters. The van der Waals surface area contributed by atoms with E-state index >= 15 is 0 Å². The van der Waals surface area contributed by atoms with E-state index in [0.29, 0.717) is 44.2 Å². The number of pyridine rings is 1. The molecule has 0 aliphatic heterocycles. The number of allylic oxidation sites excluding steroid dienone is 12. The molecule has 2 amide bonds. The third-order valence-corrected chi connectivity index (χ3v) is 6.72. The molecule has 9 heteroatoms. The van der Waals surface area contributed by atoms with Crippen LogP contribution in [0.25, 0.3) is 0 Å². The van der Waals surface area contributed by atoms with Crippen molar-refractivity contribution in [2.75, 3.05) is 19.8 Å². The molecule has 1 heterocycles. The third-order valence-electron chi connectivity index (χ3n) is 6.72. The molecule has 0 aliphatic carbocycles. The van der Waals surface area contributed by atoms with Gasteiger partial charge in [0, 0.05) is 25.4 Å². The number of aliphatic hydroxyl groups excluding tert-OH is 3. The van der Waals surface area contributed by atoms with Crippen molar-refractivity contribution in [2.24, 2.45) is 0 Å². The van der Waals surface area contributed by atoms with Gasteiger partial charge in [0.25, 0.3) is 5.91 Å². The predicted molar refractivity (Wildman–Crippen MR) is 185 cm³/mol. The summed E-state index contributed by atoms with van der Waals surface area (Å²) in [5.74, 6) is -0.453. The van der Waals surface area contributed by atoms with E-state index in [1.807, 2.05) is 6.08 Å². The fraction of sp³-hybridized carbons (Fsp3) is 0.486. The maximum atomic E-state index is 12.6. The van der Waals surface area contributed by atoms with Crippen LogP contribution in [0.3, 0.4) is 0 Å². The molecule has 0 aliphatic rings. The van der Waals surface area contributed by atoms with Crippen molar-refractivity contribution in [3.05, 3.63) is 103 Å². The molecule has 0 saturated heterocycles. The lowest BCUT2D eigenvalue weighted by Crippen LogP contribution is -2.46. The first-order valence-corrected chi connectivity index (χ1v) is 16.4. The predicted octanol–water partition coefficient (Wildman–Crippen LogP) is 5.63. The Hall–Kier alpha value is -3.63. The van der Waals surface area contributed by atoms with Crippen LogP contribution in [-0.2, 0) is 9.53 Å². The number of carbonyl (C=O) groups excluding carboxylic acids is 2. The molecule has 0 saturated carbocycles. The summed E-state index contributed by atoms with van der Waals surface area (Å²) < 4.78 is 5.31. The van der Waals surface area contributed by atoms with Gasteiger partial charge in [0.15, 0.2) is 6.29 Å². The van der Waals surface area contributed by atoms with Gasteiger partial charge >= 0.3 is 0 Å². The summed E-state index contributed by atoms with van der Waals surface area (Å²) >= 11 is 0. The van der Waals surface area contributed by atoms with Gasteiger partial charge in [-0.2, -0.15) is 0 Å². The van der Waals surface area contributed by atoms with Gasteiger partial charge in [-0.15, -0.1) is 0 Å². The maximum Gasteiger partial charge on any atom is 0.253 e. The molecule has 254 valence electrons. The molecule has 1 aromatic heterocycles. The molecule has 1 aromatic rings. The average molecular weight is 638 g/mol. The van der Waals surface area contributed by atoms with Gasteiger partial charge < -0.3 is 30.7 Å². The Kier molecular flexibility index (Phi) is 25.3. The molecular weight excluding hydrogens is 582 g/mol. The number of aromatic nitrogens is 1. The zero-order valence-corrected chi connectivity index (χ0v) is 27.4. The van der Waals surface area contributed by atoms with Crippen molar-refractivity contribution in [3.63, 3.8) is 0 Å². The highest BCUT2D eigenvalue weighted by molar-refractivity contribution is 5.94. The number of nitrogens with zero attached hydrogens (tertiary/aromatic N) is 1. The van der Waals surface area contributed by atoms with Gasteiger partial charge in [-0.3, -0.25) is 14.6 Å². The Morgan fingerprint density at radius 2 is 1.41 bits per heavy atom. The van der Waals surface area contributed by atoms with E-state index in [4.69, 9.17) is 4.74 Å². The fourth-order valence-corrected chi connectivity index (χ4v) is 4.13. The first-order chi connectivity index (χ1) is 22.5. The monoisotopic (exact) mass is 637 g/mol. The molecule has 2 atom stereocenters. The second kappa shape index (κ2) is 28.8. The van der Waals surface area contributed by atoms with Crippen molar-refractivity contribution in [1.29, 1.82) is 0 Å². The van der Waals surface area contributed by atoms with E-state index in [9.17, 15) is 24.9 Å². The first kappa shape index (κ1) is 40.4. The van der Waals surface area contributed by atoms with E-state index in [0.717, 1.165) is 38.5 Å². The fourth-order valence-electron chi connectivity index (χ4n) is 4.13. The Bertz CT molecular complexity index is 1090. The van der Waals surface area contributed by atoms with Crippen LogP contribution in [0.1, 0.15) is 87.9 Å². The topological polar surface area (TPSA) is 141 Å². The van der Waals surface area contributed by atoms with Crippen LogP contribution in [0.5, 0.6) is 0 Å². The molecule has 0 bridgehead atoms. The zero-order valence-electron chi connectivity index (χ0n) is 27.4. The van der Waals surface area contributed by atoms with E-state index in [-0.39, 0.29) is 5.91 Å². The summed E-state index contributed by atoms with van der Waals surface area (Å²) in [5.41, 5.74) is 0.333. The molecule has 0 fully saturated rings. The number of hydrogen-bond acceptors (Lipinski definition) is 7. The van der Waals surface area contributed by atoms with Crippen LogP contribution >= 0.6 is 0 Å². The van der Waals surface area contributed by atoms with E-state index in [1.54, 1.807) is 18.3 Å². The summed E-state index contributed by atoms with van der Waals surface area (Å²) in [6, 6.07) is 2.46. The van der Waals surface area contributed by atoms with Crippen molar-refractivity contribution in [3.8, 4) is 0 Å². The van der Waals surface area contributed by atoms with E-state index in [2.05, 4.69) is 89.4 Å². The second-order valence-corrected chi connectivity index (χ2v) is 10.6. The summed E-state index contributed by atoms with van der Waals surface area (Å²) in [6.45, 7) is 1.67. The highest BCUT2D eigenvalue weighted by Gasteiger charge is 2.25. The average Bonchev–Trinajstić information content (AvgIpc) is 3.07. The summed E-state index contributed by atoms with van der Waals surface area (Å²) in [7, 11) is 0. The van der Waals surface area contributed by atoms with Gasteiger partial charge in [0.1, 0.15) is 6.10 Å². The molecule has 0 aromatic carbocycles. The first-order valence-electron chi connectivity index (χ1n) is 16.4. The lowest BCUT2D eigenvalue weighted by molar-refractivity contribution is -0.171. The van der Waals surface area contributed by atoms with E-state index < -0.39 is 37.6 Å². The Morgan fingerprint density at radius 3 is 1.93 bits per heavy atom. The van der Waals surface area contributed by atoms with Crippen LogP contribution in [-0.4, -0.2) is 70.3 Å². The minimum atomic E-state index is -1.43. The molecule has 46 heavy (non-hydrogen) atoms. The SMILES string of the molecule is CCC=CCC=CCC=CCC=CCC=CCC=CCCC(=O)NCCCCC(NC(=O)c1cccnc1)C(O)OC(CO)CO. The standard InChI is InChI=1S/C37H55N3O6/c1-2-3-4-5-6-7-8-9-10-11-12-13-14-15-16-17-18-19-20-26-35(43)39-28-22-21-25-34(37(45)46-33(30-41)31-42)40-36(44)32-24-23-27-38-29-32/h3-4,6-7,9-10,12-13,15-16,18-19,23-24,27,29,33-34,37,41-42,45H,2,5,8,11,14,17,20-22,25-26,28,30-31H2,1H3,(H,39,43)(H,40,44). The molecule has 9 nitrogen and oxygen atoms in total. The van der Waals surface area contributed by atoms with E-state index in [1.165, 1.54) is 6.20 Å². The number of carbonyl (C=O) groups is 2. The van der Waals surface area contributed by atoms with Crippen molar-refractivity contribution in [1.82, 2.24) is 15.6 Å². The van der Waals surface area contributed by atoms with Crippen LogP contribution in [0.2, 0.25) is 0 Å². The smallest absolute Gasteiger partial charge is 0.253 e. The quantitative estimate of drug-likeness (QED) is 0.0504. The maximum absolute atomic E-state index is 12.6. The minimum absolute atomic E-state index is 0.0296. The van der Waals surface area contributed by atoms with Gasteiger partial charge in [0.05, 0.1) is 24.8 Å². The highest BCUT2D eigenvalue weighted by atomic mass is 16.6. The summed E-state index contributed by atoms with van der Waals surface area (Å²) in [6.07, 6.45) is 34.8. The molecule has 0 radical (unpaired) electrons. The molecule has 0 spiro atoms. The third kappa shape index (κ3) is 22.0. The minimum Gasteiger partial charge on any atom is -0.394 e. The number of hydrogen-bond donors (Lipinski definition) is 5. The number of amides is 2.